The Balaban J connectivity index is 1.56. The second kappa shape index (κ2) is 8.53. The summed E-state index contributed by atoms with van der Waals surface area (Å²) in [5, 5.41) is 15.1. The normalized spacial score (nSPS) is 12.8. The topological polar surface area (TPSA) is 74.2 Å². The van der Waals surface area contributed by atoms with Gasteiger partial charge in [0.2, 0.25) is 0 Å². The molecule has 1 aliphatic rings. The Bertz CT molecular complexity index is 751. The number of benzene rings is 1. The lowest BCUT2D eigenvalue weighted by Crippen LogP contribution is -2.21. The fourth-order valence-corrected chi connectivity index (χ4v) is 4.82. The molecule has 1 amide bonds. The number of unbranched alkanes of at least 4 members (excludes halogenated alkanes) is 2. The maximum absolute atomic E-state index is 13.6. The van der Waals surface area contributed by atoms with Crippen LogP contribution in [-0.2, 0) is 6.42 Å². The first kappa shape index (κ1) is 18.0. The third kappa shape index (κ3) is 4.85. The molecule has 0 bridgehead atoms. The van der Waals surface area contributed by atoms with Crippen molar-refractivity contribution in [3.8, 4) is 11.3 Å². The van der Waals surface area contributed by atoms with Crippen molar-refractivity contribution in [3.05, 3.63) is 28.9 Å². The molecule has 1 aromatic heterocycles. The van der Waals surface area contributed by atoms with Crippen LogP contribution < -0.4 is 10.6 Å². The molecule has 0 fully saturated rings. The first-order chi connectivity index (χ1) is 12.1. The zero-order chi connectivity index (χ0) is 17.6. The van der Waals surface area contributed by atoms with Crippen molar-refractivity contribution in [2.45, 2.75) is 30.6 Å². The van der Waals surface area contributed by atoms with Gasteiger partial charge in [-0.15, -0.1) is 23.1 Å². The molecule has 1 aromatic carbocycles. The van der Waals surface area contributed by atoms with Gasteiger partial charge in [0.1, 0.15) is 5.82 Å². The second-order valence-electron chi connectivity index (χ2n) is 5.75. The number of nitrogens with zero attached hydrogens (tertiary/aromatic N) is 1. The van der Waals surface area contributed by atoms with E-state index in [1.54, 1.807) is 29.2 Å². The Labute approximate surface area is 154 Å². The quantitative estimate of drug-likeness (QED) is 0.618. The highest BCUT2D eigenvalue weighted by Gasteiger charge is 2.20. The van der Waals surface area contributed by atoms with Crippen molar-refractivity contribution in [1.82, 2.24) is 10.3 Å². The van der Waals surface area contributed by atoms with E-state index in [0.717, 1.165) is 59.3 Å². The number of hydrogen-bond donors (Lipinski definition) is 3. The number of amides is 1. The van der Waals surface area contributed by atoms with E-state index in [9.17, 15) is 9.18 Å². The zero-order valence-electron chi connectivity index (χ0n) is 13.7. The summed E-state index contributed by atoms with van der Waals surface area (Å²) in [7, 11) is 0. The van der Waals surface area contributed by atoms with Crippen molar-refractivity contribution >= 4 is 34.3 Å². The maximum Gasteiger partial charge on any atom is 0.404 e. The van der Waals surface area contributed by atoms with E-state index >= 15 is 0 Å². The van der Waals surface area contributed by atoms with Gasteiger partial charge in [-0.25, -0.2) is 14.2 Å². The van der Waals surface area contributed by atoms with Gasteiger partial charge < -0.3 is 15.7 Å². The van der Waals surface area contributed by atoms with E-state index in [0.29, 0.717) is 6.54 Å². The van der Waals surface area contributed by atoms with Gasteiger partial charge in [0.25, 0.3) is 0 Å². The van der Waals surface area contributed by atoms with E-state index in [2.05, 4.69) is 15.6 Å². The van der Waals surface area contributed by atoms with Crippen LogP contribution in [0.3, 0.4) is 0 Å². The largest absolute Gasteiger partial charge is 0.465 e. The molecule has 8 heteroatoms. The maximum atomic E-state index is 13.6. The van der Waals surface area contributed by atoms with Crippen molar-refractivity contribution in [2.75, 3.05) is 24.2 Å². The van der Waals surface area contributed by atoms with Gasteiger partial charge in [0, 0.05) is 34.2 Å². The van der Waals surface area contributed by atoms with Crippen LogP contribution in [0.1, 0.15) is 24.1 Å². The highest BCUT2D eigenvalue weighted by molar-refractivity contribution is 7.99. The molecule has 0 atom stereocenters. The molecular formula is C17H20FN3O2S2. The number of rotatable bonds is 7. The summed E-state index contributed by atoms with van der Waals surface area (Å²) in [5.74, 6) is 0.744. The SMILES string of the molecule is O=C(O)NCCCCCNc1nc2c(s1)CCSc1ccc(F)cc1-2. The Morgan fingerprint density at radius 2 is 2.12 bits per heavy atom. The van der Waals surface area contributed by atoms with Crippen LogP contribution in [0.4, 0.5) is 14.3 Å². The molecule has 0 saturated carbocycles. The van der Waals surface area contributed by atoms with Gasteiger partial charge in [-0.2, -0.15) is 0 Å². The third-order valence-corrected chi connectivity index (χ3v) is 6.03. The Morgan fingerprint density at radius 3 is 2.96 bits per heavy atom. The van der Waals surface area contributed by atoms with Crippen LogP contribution in [0.15, 0.2) is 23.1 Å². The standard InChI is InChI=1S/C17H20FN3O2S2/c18-11-4-5-13-12(10-11)15-14(6-9-24-13)25-16(21-15)19-7-2-1-3-8-20-17(22)23/h4-5,10,20H,1-3,6-9H2,(H,19,21)(H,22,23). The van der Waals surface area contributed by atoms with Crippen LogP contribution in [0.25, 0.3) is 11.3 Å². The van der Waals surface area contributed by atoms with Crippen molar-refractivity contribution in [3.63, 3.8) is 0 Å². The lowest BCUT2D eigenvalue weighted by molar-refractivity contribution is 0.194. The molecule has 0 aliphatic carbocycles. The minimum absolute atomic E-state index is 0.232. The van der Waals surface area contributed by atoms with Crippen molar-refractivity contribution in [1.29, 1.82) is 0 Å². The number of carbonyl (C=O) groups is 1. The lowest BCUT2D eigenvalue weighted by Gasteiger charge is -2.05. The summed E-state index contributed by atoms with van der Waals surface area (Å²) >= 11 is 3.39. The van der Waals surface area contributed by atoms with E-state index in [-0.39, 0.29) is 5.82 Å². The number of thiazole rings is 1. The van der Waals surface area contributed by atoms with Crippen molar-refractivity contribution < 1.29 is 14.3 Å². The van der Waals surface area contributed by atoms with Crippen LogP contribution in [0.5, 0.6) is 0 Å². The van der Waals surface area contributed by atoms with Gasteiger partial charge in [0.15, 0.2) is 5.13 Å². The number of carboxylic acid groups (broad SMARTS) is 1. The van der Waals surface area contributed by atoms with Gasteiger partial charge in [-0.3, -0.25) is 0 Å². The van der Waals surface area contributed by atoms with Crippen LogP contribution >= 0.6 is 23.1 Å². The van der Waals surface area contributed by atoms with Crippen molar-refractivity contribution in [2.24, 2.45) is 0 Å². The first-order valence-electron chi connectivity index (χ1n) is 8.26. The monoisotopic (exact) mass is 381 g/mol. The van der Waals surface area contributed by atoms with E-state index in [4.69, 9.17) is 5.11 Å². The Morgan fingerprint density at radius 1 is 1.28 bits per heavy atom. The molecule has 0 radical (unpaired) electrons. The molecule has 0 spiro atoms. The van der Waals surface area contributed by atoms with Crippen LogP contribution in [-0.4, -0.2) is 35.0 Å². The molecule has 2 heterocycles. The zero-order valence-corrected chi connectivity index (χ0v) is 15.3. The summed E-state index contributed by atoms with van der Waals surface area (Å²) in [6.45, 7) is 1.28. The average molecular weight is 381 g/mol. The number of halogens is 1. The summed E-state index contributed by atoms with van der Waals surface area (Å²) in [5.41, 5.74) is 1.79. The summed E-state index contributed by atoms with van der Waals surface area (Å²) in [6.07, 6.45) is 2.69. The van der Waals surface area contributed by atoms with Gasteiger partial charge in [0.05, 0.1) is 5.69 Å². The number of aromatic nitrogens is 1. The molecule has 3 N–H and O–H groups in total. The predicted molar refractivity (Wildman–Crippen MR) is 100 cm³/mol. The lowest BCUT2D eigenvalue weighted by atomic mass is 10.1. The summed E-state index contributed by atoms with van der Waals surface area (Å²) in [6, 6.07) is 4.91. The molecule has 3 rings (SSSR count). The highest BCUT2D eigenvalue weighted by atomic mass is 32.2. The van der Waals surface area contributed by atoms with Gasteiger partial charge in [-0.05, 0) is 43.9 Å². The van der Waals surface area contributed by atoms with E-state index in [1.165, 1.54) is 10.9 Å². The van der Waals surface area contributed by atoms with Gasteiger partial charge in [-0.1, -0.05) is 0 Å². The fraction of sp³-hybridized carbons (Fsp3) is 0.412. The Kier molecular flexibility index (Phi) is 6.14. The third-order valence-electron chi connectivity index (χ3n) is 3.89. The fourth-order valence-electron chi connectivity index (χ4n) is 2.69. The molecule has 5 nitrogen and oxygen atoms in total. The molecule has 1 aliphatic heterocycles. The minimum Gasteiger partial charge on any atom is -0.465 e. The molecule has 2 aromatic rings. The number of thioether (sulfide) groups is 1. The molecule has 25 heavy (non-hydrogen) atoms. The smallest absolute Gasteiger partial charge is 0.404 e. The molecule has 0 unspecified atom stereocenters. The highest BCUT2D eigenvalue weighted by Crippen LogP contribution is 2.41. The van der Waals surface area contributed by atoms with E-state index in [1.807, 2.05) is 6.07 Å². The number of hydrogen-bond acceptors (Lipinski definition) is 5. The van der Waals surface area contributed by atoms with Gasteiger partial charge >= 0.3 is 6.09 Å². The number of nitrogens with one attached hydrogen (secondary N) is 2. The average Bonchev–Trinajstić information content (AvgIpc) is 2.90. The first-order valence-corrected chi connectivity index (χ1v) is 10.1. The molecular weight excluding hydrogens is 361 g/mol. The predicted octanol–water partition coefficient (Wildman–Crippen LogP) is 4.45. The van der Waals surface area contributed by atoms with Crippen LogP contribution in [0, 0.1) is 5.82 Å². The molecule has 134 valence electrons. The molecule has 0 saturated heterocycles. The summed E-state index contributed by atoms with van der Waals surface area (Å²) in [4.78, 5) is 17.3. The number of aryl methyl sites for hydroxylation is 1. The number of fused-ring (bicyclic) bond motifs is 3. The van der Waals surface area contributed by atoms with E-state index < -0.39 is 6.09 Å². The minimum atomic E-state index is -0.975. The Hall–Kier alpha value is -1.80. The number of anilines is 1. The second-order valence-corrected chi connectivity index (χ2v) is 7.97. The summed E-state index contributed by atoms with van der Waals surface area (Å²) < 4.78 is 13.6. The van der Waals surface area contributed by atoms with Crippen LogP contribution in [0.2, 0.25) is 0 Å².